The van der Waals surface area contributed by atoms with Gasteiger partial charge in [-0.25, -0.2) is 0 Å². The molecule has 0 saturated carbocycles. The van der Waals surface area contributed by atoms with Crippen LogP contribution in [0.15, 0.2) is 34.6 Å². The van der Waals surface area contributed by atoms with Gasteiger partial charge in [0.05, 0.1) is 5.69 Å². The van der Waals surface area contributed by atoms with Gasteiger partial charge in [-0.3, -0.25) is 9.89 Å². The summed E-state index contributed by atoms with van der Waals surface area (Å²) in [5.74, 6) is 0.790. The summed E-state index contributed by atoms with van der Waals surface area (Å²) in [6.07, 6.45) is 9.97. The van der Waals surface area contributed by atoms with E-state index >= 15 is 0 Å². The number of allylic oxidation sites excluding steroid dienone is 5. The van der Waals surface area contributed by atoms with Crippen LogP contribution in [0.1, 0.15) is 91.5 Å². The van der Waals surface area contributed by atoms with Gasteiger partial charge in [-0.1, -0.05) is 57.7 Å². The van der Waals surface area contributed by atoms with Crippen molar-refractivity contribution in [2.45, 2.75) is 87.0 Å². The third-order valence-corrected chi connectivity index (χ3v) is 5.39. The highest BCUT2D eigenvalue weighted by Gasteiger charge is 2.17. The van der Waals surface area contributed by atoms with E-state index in [0.717, 1.165) is 48.4 Å². The van der Waals surface area contributed by atoms with E-state index in [0.29, 0.717) is 18.1 Å². The number of Topliss-reactive ketones (excluding diaryl/α,β-unsaturated/α-hetero) is 1. The van der Waals surface area contributed by atoms with Crippen molar-refractivity contribution < 1.29 is 4.79 Å². The number of nitrogens with one attached hydrogen (secondary N) is 1. The number of nitrogens with zero attached hydrogens (tertiary/aromatic N) is 1. The Morgan fingerprint density at radius 3 is 2.39 bits per heavy atom. The van der Waals surface area contributed by atoms with Crippen LogP contribution in [0.25, 0.3) is 5.57 Å². The molecule has 1 unspecified atom stereocenters. The van der Waals surface area contributed by atoms with Crippen molar-refractivity contribution in [2.24, 2.45) is 5.92 Å². The molecule has 0 bridgehead atoms. The molecule has 0 amide bonds. The maximum Gasteiger partial charge on any atom is 0.133 e. The molecule has 1 heterocycles. The number of aryl methyl sites for hydroxylation is 1. The summed E-state index contributed by atoms with van der Waals surface area (Å²) in [5.41, 5.74) is 3.42. The Bertz CT molecular complexity index is 655. The molecule has 0 aromatic carbocycles. The maximum absolute atomic E-state index is 11.8. The minimum Gasteiger partial charge on any atom is -0.300 e. The SMILES string of the molecule is C=C(C)S/C(=C\C)C(CCC)CC(=O)CCC.CC/C=C(\C)c1cc(C)[nH]n1. The zero-order valence-corrected chi connectivity index (χ0v) is 19.8. The molecular formula is C24H40N2OS. The molecule has 0 radical (unpaired) electrons. The fraction of sp³-hybridized carbons (Fsp3) is 0.583. The normalized spacial score (nSPS) is 13.0. The standard InChI is InChI=1S/C15H26OS.C9H14N2/c1-6-9-13(11-14(16)10-7-2)15(8-3)17-12(4)5;1-4-5-7(2)9-6-8(3)10-11-9/h8,13H,4,6-7,9-11H2,1-3,5H3;5-6H,4H2,1-3H3,(H,10,11)/b15-8-;7-5+. The number of H-pyrrole nitrogens is 1. The first-order chi connectivity index (χ1) is 13.3. The van der Waals surface area contributed by atoms with Gasteiger partial charge in [0.25, 0.3) is 0 Å². The number of ketones is 1. The fourth-order valence-corrected chi connectivity index (χ4v) is 3.85. The van der Waals surface area contributed by atoms with Crippen LogP contribution in [0, 0.1) is 12.8 Å². The molecule has 0 saturated heterocycles. The summed E-state index contributed by atoms with van der Waals surface area (Å²) in [6.45, 7) is 18.5. The molecule has 0 spiro atoms. The second-order valence-corrected chi connectivity index (χ2v) is 8.58. The first-order valence-electron chi connectivity index (χ1n) is 10.5. The van der Waals surface area contributed by atoms with Crippen molar-refractivity contribution in [3.05, 3.63) is 46.0 Å². The molecule has 1 atom stereocenters. The maximum atomic E-state index is 11.8. The van der Waals surface area contributed by atoms with Gasteiger partial charge in [0.2, 0.25) is 0 Å². The molecule has 0 fully saturated rings. The zero-order valence-electron chi connectivity index (χ0n) is 19.0. The number of carbonyl (C=O) groups excluding carboxylic acids is 1. The van der Waals surface area contributed by atoms with Crippen LogP contribution in [0.2, 0.25) is 0 Å². The van der Waals surface area contributed by atoms with Crippen molar-refractivity contribution in [3.63, 3.8) is 0 Å². The second-order valence-electron chi connectivity index (χ2n) is 7.21. The summed E-state index contributed by atoms with van der Waals surface area (Å²) in [5, 5.41) is 7.06. The first-order valence-corrected chi connectivity index (χ1v) is 11.3. The second kappa shape index (κ2) is 15.4. The van der Waals surface area contributed by atoms with Crippen molar-refractivity contribution in [1.82, 2.24) is 10.2 Å². The third kappa shape index (κ3) is 11.3. The van der Waals surface area contributed by atoms with Crippen LogP contribution in [-0.2, 0) is 4.79 Å². The number of hydrogen-bond acceptors (Lipinski definition) is 3. The highest BCUT2D eigenvalue weighted by atomic mass is 32.2. The molecule has 158 valence electrons. The minimum atomic E-state index is 0.394. The molecule has 1 aromatic heterocycles. The van der Waals surface area contributed by atoms with Gasteiger partial charge < -0.3 is 0 Å². The number of aromatic amines is 1. The van der Waals surface area contributed by atoms with Crippen molar-refractivity contribution >= 4 is 23.1 Å². The van der Waals surface area contributed by atoms with E-state index in [9.17, 15) is 4.79 Å². The summed E-state index contributed by atoms with van der Waals surface area (Å²) in [7, 11) is 0. The summed E-state index contributed by atoms with van der Waals surface area (Å²) in [4.78, 5) is 14.2. The van der Waals surface area contributed by atoms with E-state index in [1.54, 1.807) is 11.8 Å². The highest BCUT2D eigenvalue weighted by molar-refractivity contribution is 8.06. The van der Waals surface area contributed by atoms with Gasteiger partial charge in [-0.15, -0.1) is 0 Å². The topological polar surface area (TPSA) is 45.8 Å². The lowest BCUT2D eigenvalue weighted by Gasteiger charge is -2.18. The van der Waals surface area contributed by atoms with E-state index in [4.69, 9.17) is 0 Å². The van der Waals surface area contributed by atoms with Crippen LogP contribution in [0.5, 0.6) is 0 Å². The summed E-state index contributed by atoms with van der Waals surface area (Å²) >= 11 is 1.72. The lowest BCUT2D eigenvalue weighted by Crippen LogP contribution is -2.09. The van der Waals surface area contributed by atoms with Crippen LogP contribution in [-0.4, -0.2) is 16.0 Å². The van der Waals surface area contributed by atoms with Gasteiger partial charge in [-0.2, -0.15) is 5.10 Å². The lowest BCUT2D eigenvalue weighted by atomic mass is 9.95. The predicted molar refractivity (Wildman–Crippen MR) is 126 cm³/mol. The van der Waals surface area contributed by atoms with E-state index in [1.807, 2.05) is 13.8 Å². The molecule has 1 N–H and O–H groups in total. The number of aromatic nitrogens is 2. The molecule has 1 aromatic rings. The van der Waals surface area contributed by atoms with Crippen molar-refractivity contribution in [3.8, 4) is 0 Å². The van der Waals surface area contributed by atoms with Crippen LogP contribution in [0.3, 0.4) is 0 Å². The Hall–Kier alpha value is -1.55. The minimum absolute atomic E-state index is 0.394. The molecule has 1 rings (SSSR count). The monoisotopic (exact) mass is 404 g/mol. The van der Waals surface area contributed by atoms with Crippen molar-refractivity contribution in [2.75, 3.05) is 0 Å². The fourth-order valence-electron chi connectivity index (χ4n) is 2.96. The molecule has 3 nitrogen and oxygen atoms in total. The van der Waals surface area contributed by atoms with E-state index in [-0.39, 0.29) is 0 Å². The molecule has 4 heteroatoms. The largest absolute Gasteiger partial charge is 0.300 e. The molecule has 0 aliphatic carbocycles. The predicted octanol–water partition coefficient (Wildman–Crippen LogP) is 7.86. The van der Waals surface area contributed by atoms with Gasteiger partial charge in [0, 0.05) is 18.5 Å². The van der Waals surface area contributed by atoms with Gasteiger partial charge in [0.15, 0.2) is 0 Å². The Kier molecular flexibility index (Phi) is 14.5. The Morgan fingerprint density at radius 1 is 1.29 bits per heavy atom. The molecule has 0 aliphatic heterocycles. The van der Waals surface area contributed by atoms with Crippen LogP contribution >= 0.6 is 11.8 Å². The summed E-state index contributed by atoms with van der Waals surface area (Å²) in [6, 6.07) is 2.06. The quantitative estimate of drug-likeness (QED) is 0.408. The smallest absolute Gasteiger partial charge is 0.133 e. The average molecular weight is 405 g/mol. The van der Waals surface area contributed by atoms with Crippen molar-refractivity contribution in [1.29, 1.82) is 0 Å². The Labute approximate surface area is 177 Å². The van der Waals surface area contributed by atoms with Gasteiger partial charge in [0.1, 0.15) is 5.78 Å². The Morgan fingerprint density at radius 2 is 1.96 bits per heavy atom. The van der Waals surface area contributed by atoms with E-state index < -0.39 is 0 Å². The lowest BCUT2D eigenvalue weighted by molar-refractivity contribution is -0.119. The van der Waals surface area contributed by atoms with Crippen LogP contribution < -0.4 is 0 Å². The Balaban J connectivity index is 0.000000567. The number of rotatable bonds is 11. The average Bonchev–Trinajstić information content (AvgIpc) is 3.07. The molecular weight excluding hydrogens is 364 g/mol. The zero-order chi connectivity index (χ0) is 21.5. The number of thioether (sulfide) groups is 1. The van der Waals surface area contributed by atoms with Gasteiger partial charge >= 0.3 is 0 Å². The number of hydrogen-bond donors (Lipinski definition) is 1. The first kappa shape index (κ1) is 26.4. The van der Waals surface area contributed by atoms with E-state index in [1.165, 1.54) is 10.5 Å². The third-order valence-electron chi connectivity index (χ3n) is 4.24. The highest BCUT2D eigenvalue weighted by Crippen LogP contribution is 2.34. The molecule has 28 heavy (non-hydrogen) atoms. The number of carbonyl (C=O) groups is 1. The van der Waals surface area contributed by atoms with Gasteiger partial charge in [-0.05, 0) is 74.3 Å². The van der Waals surface area contributed by atoms with E-state index in [2.05, 4.69) is 69.6 Å². The summed E-state index contributed by atoms with van der Waals surface area (Å²) < 4.78 is 0. The van der Waals surface area contributed by atoms with Crippen LogP contribution in [0.4, 0.5) is 0 Å². The molecule has 0 aliphatic rings.